The van der Waals surface area contributed by atoms with Gasteiger partial charge in [0.05, 0.1) is 7.11 Å². The smallest absolute Gasteiger partial charge is 0.270 e. The highest BCUT2D eigenvalue weighted by Gasteiger charge is 2.19. The van der Waals surface area contributed by atoms with Crippen molar-refractivity contribution in [3.63, 3.8) is 0 Å². The fourth-order valence-corrected chi connectivity index (χ4v) is 3.10. The zero-order valence-corrected chi connectivity index (χ0v) is 14.7. The Balaban J connectivity index is 1.84. The molecule has 26 heavy (non-hydrogen) atoms. The number of hydrogen-bond acceptors (Lipinski definition) is 6. The maximum Gasteiger partial charge on any atom is 0.270 e. The van der Waals surface area contributed by atoms with Crippen LogP contribution in [-0.2, 0) is 0 Å². The normalized spacial score (nSPS) is 10.2. The number of carbonyl (C=O) groups is 2. The second kappa shape index (κ2) is 7.66. The lowest BCUT2D eigenvalue weighted by atomic mass is 10.2. The third-order valence-electron chi connectivity index (χ3n) is 3.44. The van der Waals surface area contributed by atoms with Crippen LogP contribution in [0.15, 0.2) is 54.6 Å². The number of nitrogens with zero attached hydrogens (tertiary/aromatic N) is 1. The molecule has 8 heteroatoms. The van der Waals surface area contributed by atoms with Crippen LogP contribution in [-0.4, -0.2) is 23.9 Å². The lowest BCUT2D eigenvalue weighted by molar-refractivity contribution is 0.0997. The van der Waals surface area contributed by atoms with Crippen molar-refractivity contribution in [1.82, 2.24) is 4.98 Å². The topological polar surface area (TPSA) is 106 Å². The van der Waals surface area contributed by atoms with Gasteiger partial charge in [-0.05, 0) is 30.3 Å². The van der Waals surface area contributed by atoms with Gasteiger partial charge in [0.25, 0.3) is 11.8 Å². The molecule has 0 bridgehead atoms. The maximum atomic E-state index is 12.5. The Bertz CT molecular complexity index is 941. The molecular weight excluding hydrogens is 352 g/mol. The molecule has 3 aromatic rings. The first-order valence-corrected chi connectivity index (χ1v) is 8.46. The summed E-state index contributed by atoms with van der Waals surface area (Å²) in [6.07, 6.45) is 0. The summed E-state index contributed by atoms with van der Waals surface area (Å²) in [5.41, 5.74) is 6.59. The fraction of sp³-hybridized carbons (Fsp3) is 0.0556. The van der Waals surface area contributed by atoms with Gasteiger partial charge in [-0.25, -0.2) is 4.98 Å². The van der Waals surface area contributed by atoms with Crippen LogP contribution in [0, 0.1) is 0 Å². The molecule has 2 amide bonds. The molecule has 0 radical (unpaired) electrons. The number of amides is 2. The number of benzene rings is 2. The van der Waals surface area contributed by atoms with Gasteiger partial charge in [-0.15, -0.1) is 0 Å². The molecule has 0 fully saturated rings. The van der Waals surface area contributed by atoms with E-state index in [2.05, 4.69) is 15.6 Å². The SMILES string of the molecule is COc1cccc(C(=O)Nc2sc(Nc3ccccc3)nc2C(N)=O)c1. The van der Waals surface area contributed by atoms with Crippen LogP contribution in [0.1, 0.15) is 20.8 Å². The van der Waals surface area contributed by atoms with E-state index in [1.807, 2.05) is 30.3 Å². The molecular formula is C18H16N4O3S. The number of aromatic nitrogens is 1. The van der Waals surface area contributed by atoms with Gasteiger partial charge < -0.3 is 21.1 Å². The summed E-state index contributed by atoms with van der Waals surface area (Å²) in [5.74, 6) is -0.548. The van der Waals surface area contributed by atoms with Crippen molar-refractivity contribution in [3.8, 4) is 5.75 Å². The molecule has 0 aliphatic heterocycles. The first-order chi connectivity index (χ1) is 12.6. The number of nitrogens with two attached hydrogens (primary N) is 1. The number of ether oxygens (including phenoxy) is 1. The zero-order chi connectivity index (χ0) is 18.5. The molecule has 0 saturated carbocycles. The first-order valence-electron chi connectivity index (χ1n) is 7.65. The van der Waals surface area contributed by atoms with Gasteiger partial charge in [0.15, 0.2) is 10.8 Å². The number of anilines is 3. The molecule has 0 aliphatic rings. The summed E-state index contributed by atoms with van der Waals surface area (Å²) in [4.78, 5) is 28.3. The van der Waals surface area contributed by atoms with Gasteiger partial charge in [-0.3, -0.25) is 9.59 Å². The average Bonchev–Trinajstić information content (AvgIpc) is 3.05. The van der Waals surface area contributed by atoms with Gasteiger partial charge in [-0.2, -0.15) is 0 Å². The number of nitrogens with one attached hydrogen (secondary N) is 2. The zero-order valence-electron chi connectivity index (χ0n) is 13.9. The highest BCUT2D eigenvalue weighted by Crippen LogP contribution is 2.31. The number of rotatable bonds is 6. The molecule has 3 rings (SSSR count). The highest BCUT2D eigenvalue weighted by molar-refractivity contribution is 7.20. The molecule has 0 atom stereocenters. The van der Waals surface area contributed by atoms with E-state index in [1.165, 1.54) is 7.11 Å². The second-order valence-electron chi connectivity index (χ2n) is 5.24. The summed E-state index contributed by atoms with van der Waals surface area (Å²) in [6, 6.07) is 16.0. The number of primary amides is 1. The van der Waals surface area contributed by atoms with E-state index in [1.54, 1.807) is 24.3 Å². The molecule has 0 saturated heterocycles. The molecule has 1 heterocycles. The minimum Gasteiger partial charge on any atom is -0.497 e. The number of hydrogen-bond donors (Lipinski definition) is 3. The Kier molecular flexibility index (Phi) is 5.14. The Hall–Kier alpha value is -3.39. The van der Waals surface area contributed by atoms with E-state index in [0.717, 1.165) is 17.0 Å². The van der Waals surface area contributed by atoms with Crippen molar-refractivity contribution in [1.29, 1.82) is 0 Å². The summed E-state index contributed by atoms with van der Waals surface area (Å²) in [6.45, 7) is 0. The molecule has 2 aromatic carbocycles. The summed E-state index contributed by atoms with van der Waals surface area (Å²) in [5, 5.41) is 6.50. The minimum atomic E-state index is -0.719. The number of methoxy groups -OCH3 is 1. The Labute approximate surface area is 153 Å². The highest BCUT2D eigenvalue weighted by atomic mass is 32.1. The van der Waals surface area contributed by atoms with Crippen LogP contribution in [0.3, 0.4) is 0 Å². The monoisotopic (exact) mass is 368 g/mol. The van der Waals surface area contributed by atoms with Crippen molar-refractivity contribution in [2.24, 2.45) is 5.73 Å². The van der Waals surface area contributed by atoms with E-state index >= 15 is 0 Å². The van der Waals surface area contributed by atoms with Crippen molar-refractivity contribution in [2.75, 3.05) is 17.7 Å². The van der Waals surface area contributed by atoms with Crippen molar-refractivity contribution in [2.45, 2.75) is 0 Å². The molecule has 0 aliphatic carbocycles. The lowest BCUT2D eigenvalue weighted by Gasteiger charge is -2.05. The molecule has 7 nitrogen and oxygen atoms in total. The fourth-order valence-electron chi connectivity index (χ4n) is 2.21. The van der Waals surface area contributed by atoms with Crippen LogP contribution in [0.5, 0.6) is 5.75 Å². The summed E-state index contributed by atoms with van der Waals surface area (Å²) in [7, 11) is 1.52. The van der Waals surface area contributed by atoms with Crippen LogP contribution < -0.4 is 21.1 Å². The van der Waals surface area contributed by atoms with Crippen LogP contribution in [0.2, 0.25) is 0 Å². The predicted molar refractivity (Wildman–Crippen MR) is 101 cm³/mol. The predicted octanol–water partition coefficient (Wildman–Crippen LogP) is 3.25. The number of thiazole rings is 1. The Morgan fingerprint density at radius 2 is 1.88 bits per heavy atom. The first kappa shape index (κ1) is 17.4. The van der Waals surface area contributed by atoms with Gasteiger partial charge in [0, 0.05) is 11.3 Å². The van der Waals surface area contributed by atoms with Crippen molar-refractivity contribution >= 4 is 39.0 Å². The van der Waals surface area contributed by atoms with E-state index < -0.39 is 5.91 Å². The third kappa shape index (κ3) is 3.98. The van der Waals surface area contributed by atoms with Gasteiger partial charge >= 0.3 is 0 Å². The second-order valence-corrected chi connectivity index (χ2v) is 6.24. The molecule has 4 N–H and O–H groups in total. The molecule has 0 unspecified atom stereocenters. The van der Waals surface area contributed by atoms with E-state index in [-0.39, 0.29) is 16.6 Å². The average molecular weight is 368 g/mol. The lowest BCUT2D eigenvalue weighted by Crippen LogP contribution is -2.17. The Morgan fingerprint density at radius 1 is 1.12 bits per heavy atom. The number of carbonyl (C=O) groups excluding carboxylic acids is 2. The Morgan fingerprint density at radius 3 is 2.58 bits per heavy atom. The molecule has 0 spiro atoms. The standard InChI is InChI=1S/C18H16N4O3S/c1-25-13-9-5-6-11(10-13)16(24)22-17-14(15(19)23)21-18(26-17)20-12-7-3-2-4-8-12/h2-10H,1H3,(H2,19,23)(H,20,21)(H,22,24). The maximum absolute atomic E-state index is 12.5. The van der Waals surface area contributed by atoms with Crippen LogP contribution in [0.25, 0.3) is 0 Å². The number of para-hydroxylation sites is 1. The summed E-state index contributed by atoms with van der Waals surface area (Å²) < 4.78 is 5.11. The molecule has 1 aromatic heterocycles. The molecule has 132 valence electrons. The van der Waals surface area contributed by atoms with Crippen molar-refractivity contribution in [3.05, 3.63) is 65.9 Å². The minimum absolute atomic E-state index is 0.00433. The van der Waals surface area contributed by atoms with E-state index in [0.29, 0.717) is 16.4 Å². The van der Waals surface area contributed by atoms with E-state index in [4.69, 9.17) is 10.5 Å². The van der Waals surface area contributed by atoms with Gasteiger partial charge in [0.1, 0.15) is 10.8 Å². The van der Waals surface area contributed by atoms with Gasteiger partial charge in [0.2, 0.25) is 0 Å². The van der Waals surface area contributed by atoms with Gasteiger partial charge in [-0.1, -0.05) is 35.6 Å². The largest absolute Gasteiger partial charge is 0.497 e. The van der Waals surface area contributed by atoms with Crippen LogP contribution in [0.4, 0.5) is 15.8 Å². The quantitative estimate of drug-likeness (QED) is 0.619. The van der Waals surface area contributed by atoms with Crippen molar-refractivity contribution < 1.29 is 14.3 Å². The summed E-state index contributed by atoms with van der Waals surface area (Å²) >= 11 is 1.13. The third-order valence-corrected chi connectivity index (χ3v) is 4.33. The van der Waals surface area contributed by atoms with Crippen LogP contribution >= 0.6 is 11.3 Å². The van der Waals surface area contributed by atoms with E-state index in [9.17, 15) is 9.59 Å².